The number of aryl methyl sites for hydroxylation is 1. The number of rotatable bonds is 4. The zero-order valence-electron chi connectivity index (χ0n) is 11.8. The van der Waals surface area contributed by atoms with Gasteiger partial charge in [0.2, 0.25) is 0 Å². The molecule has 0 aliphatic heterocycles. The van der Waals surface area contributed by atoms with Gasteiger partial charge in [-0.15, -0.1) is 0 Å². The first kappa shape index (κ1) is 14.1. The first-order chi connectivity index (χ1) is 9.56. The Hall–Kier alpha value is -2.36. The predicted octanol–water partition coefficient (Wildman–Crippen LogP) is 3.04. The van der Waals surface area contributed by atoms with Gasteiger partial charge in [0, 0.05) is 16.8 Å². The highest BCUT2D eigenvalue weighted by atomic mass is 16.5. The minimum Gasteiger partial charge on any atom is -0.461 e. The second-order valence-electron chi connectivity index (χ2n) is 4.54. The lowest BCUT2D eigenvalue weighted by Crippen LogP contribution is -2.08. The lowest BCUT2D eigenvalue weighted by Gasteiger charge is -2.03. The van der Waals surface area contributed by atoms with Crippen molar-refractivity contribution in [1.82, 2.24) is 4.98 Å². The van der Waals surface area contributed by atoms with Crippen molar-refractivity contribution in [2.75, 3.05) is 6.61 Å². The van der Waals surface area contributed by atoms with Crippen LogP contribution in [0.25, 0.3) is 0 Å². The summed E-state index contributed by atoms with van der Waals surface area (Å²) in [7, 11) is 0. The van der Waals surface area contributed by atoms with Crippen LogP contribution in [-0.2, 0) is 4.74 Å². The average molecular weight is 271 g/mol. The molecule has 0 atom stereocenters. The summed E-state index contributed by atoms with van der Waals surface area (Å²) in [6.07, 6.45) is 0. The third kappa shape index (κ3) is 2.50. The van der Waals surface area contributed by atoms with Gasteiger partial charge in [-0.3, -0.25) is 4.79 Å². The van der Waals surface area contributed by atoms with Gasteiger partial charge in [-0.2, -0.15) is 0 Å². The molecule has 4 nitrogen and oxygen atoms in total. The van der Waals surface area contributed by atoms with Crippen LogP contribution in [0, 0.1) is 13.8 Å². The SMILES string of the molecule is CCOC(=O)c1[nH]c(C)c(C(=O)c2ccccc2)c1C. The monoisotopic (exact) mass is 271 g/mol. The van der Waals surface area contributed by atoms with Gasteiger partial charge in [-0.25, -0.2) is 4.79 Å². The molecule has 0 radical (unpaired) electrons. The van der Waals surface area contributed by atoms with Gasteiger partial charge in [0.15, 0.2) is 5.78 Å². The highest BCUT2D eigenvalue weighted by Gasteiger charge is 2.23. The number of ketones is 1. The molecule has 1 N–H and O–H groups in total. The van der Waals surface area contributed by atoms with Crippen molar-refractivity contribution in [3.63, 3.8) is 0 Å². The van der Waals surface area contributed by atoms with E-state index in [1.54, 1.807) is 32.9 Å². The summed E-state index contributed by atoms with van der Waals surface area (Å²) in [6.45, 7) is 5.59. The van der Waals surface area contributed by atoms with Crippen LogP contribution in [0.5, 0.6) is 0 Å². The molecular weight excluding hydrogens is 254 g/mol. The molecule has 0 spiro atoms. The van der Waals surface area contributed by atoms with Crippen molar-refractivity contribution in [2.24, 2.45) is 0 Å². The quantitative estimate of drug-likeness (QED) is 0.687. The Bertz CT molecular complexity index is 641. The standard InChI is InChI=1S/C16H17NO3/c1-4-20-16(19)14-10(2)13(11(3)17-14)15(18)12-8-6-5-7-9-12/h5-9,17H,4H2,1-3H3. The van der Waals surface area contributed by atoms with E-state index in [9.17, 15) is 9.59 Å². The fourth-order valence-corrected chi connectivity index (χ4v) is 2.23. The van der Waals surface area contributed by atoms with Crippen molar-refractivity contribution in [3.05, 3.63) is 58.4 Å². The van der Waals surface area contributed by atoms with E-state index in [-0.39, 0.29) is 5.78 Å². The molecule has 1 heterocycles. The first-order valence-corrected chi connectivity index (χ1v) is 6.52. The maximum absolute atomic E-state index is 12.5. The summed E-state index contributed by atoms with van der Waals surface area (Å²) in [5.74, 6) is -0.521. The van der Waals surface area contributed by atoms with E-state index in [1.807, 2.05) is 18.2 Å². The molecule has 1 aromatic carbocycles. The Morgan fingerprint density at radius 3 is 2.40 bits per heavy atom. The highest BCUT2D eigenvalue weighted by molar-refractivity contribution is 6.12. The molecule has 2 rings (SSSR count). The van der Waals surface area contributed by atoms with Gasteiger partial charge < -0.3 is 9.72 Å². The Balaban J connectivity index is 2.43. The smallest absolute Gasteiger partial charge is 0.355 e. The molecule has 0 fully saturated rings. The number of hydrogen-bond acceptors (Lipinski definition) is 3. The highest BCUT2D eigenvalue weighted by Crippen LogP contribution is 2.22. The second kappa shape index (κ2) is 5.74. The lowest BCUT2D eigenvalue weighted by atomic mass is 10.00. The molecule has 1 aromatic heterocycles. The average Bonchev–Trinajstić information content (AvgIpc) is 2.75. The fraction of sp³-hybridized carbons (Fsp3) is 0.250. The molecule has 0 saturated carbocycles. The van der Waals surface area contributed by atoms with Gasteiger partial charge >= 0.3 is 5.97 Å². The van der Waals surface area contributed by atoms with Crippen LogP contribution >= 0.6 is 0 Å². The first-order valence-electron chi connectivity index (χ1n) is 6.52. The molecule has 0 saturated heterocycles. The third-order valence-corrected chi connectivity index (χ3v) is 3.18. The molecule has 0 aliphatic carbocycles. The van der Waals surface area contributed by atoms with Gasteiger partial charge in [0.05, 0.1) is 6.61 Å². The van der Waals surface area contributed by atoms with E-state index in [0.717, 1.165) is 0 Å². The van der Waals surface area contributed by atoms with Gasteiger partial charge in [0.1, 0.15) is 5.69 Å². The van der Waals surface area contributed by atoms with E-state index in [1.165, 1.54) is 0 Å². The number of benzene rings is 1. The largest absolute Gasteiger partial charge is 0.461 e. The van der Waals surface area contributed by atoms with Crippen molar-refractivity contribution < 1.29 is 14.3 Å². The lowest BCUT2D eigenvalue weighted by molar-refractivity contribution is 0.0519. The van der Waals surface area contributed by atoms with E-state index in [4.69, 9.17) is 4.74 Å². The molecule has 2 aromatic rings. The Kier molecular flexibility index (Phi) is 4.03. The van der Waals surface area contributed by atoms with Crippen LogP contribution < -0.4 is 0 Å². The number of H-pyrrole nitrogens is 1. The van der Waals surface area contributed by atoms with Crippen molar-refractivity contribution in [2.45, 2.75) is 20.8 Å². The van der Waals surface area contributed by atoms with Crippen LogP contribution in [0.3, 0.4) is 0 Å². The Morgan fingerprint density at radius 2 is 1.80 bits per heavy atom. The molecule has 4 heteroatoms. The maximum atomic E-state index is 12.5. The minimum absolute atomic E-state index is 0.0904. The summed E-state index contributed by atoms with van der Waals surface area (Å²) in [5.41, 5.74) is 2.81. The van der Waals surface area contributed by atoms with E-state index >= 15 is 0 Å². The number of nitrogens with one attached hydrogen (secondary N) is 1. The Labute approximate surface area is 117 Å². The molecule has 0 amide bonds. The van der Waals surface area contributed by atoms with Crippen LogP contribution in [-0.4, -0.2) is 23.3 Å². The molecular formula is C16H17NO3. The van der Waals surface area contributed by atoms with Crippen LogP contribution in [0.4, 0.5) is 0 Å². The van der Waals surface area contributed by atoms with Crippen LogP contribution in [0.2, 0.25) is 0 Å². The van der Waals surface area contributed by atoms with Gasteiger partial charge in [-0.1, -0.05) is 30.3 Å². The Morgan fingerprint density at radius 1 is 1.15 bits per heavy atom. The summed E-state index contributed by atoms with van der Waals surface area (Å²) in [6, 6.07) is 9.02. The number of esters is 1. The normalized spacial score (nSPS) is 10.3. The van der Waals surface area contributed by atoms with Crippen molar-refractivity contribution in [1.29, 1.82) is 0 Å². The zero-order valence-corrected chi connectivity index (χ0v) is 11.8. The minimum atomic E-state index is -0.430. The summed E-state index contributed by atoms with van der Waals surface area (Å²) in [5, 5.41) is 0. The van der Waals surface area contributed by atoms with E-state index in [0.29, 0.717) is 34.7 Å². The number of carbonyl (C=O) groups excluding carboxylic acids is 2. The van der Waals surface area contributed by atoms with Crippen molar-refractivity contribution in [3.8, 4) is 0 Å². The molecule has 20 heavy (non-hydrogen) atoms. The van der Waals surface area contributed by atoms with Crippen molar-refractivity contribution >= 4 is 11.8 Å². The maximum Gasteiger partial charge on any atom is 0.355 e. The number of hydrogen-bond donors (Lipinski definition) is 1. The topological polar surface area (TPSA) is 59.2 Å². The number of aromatic nitrogens is 1. The van der Waals surface area contributed by atoms with E-state index in [2.05, 4.69) is 4.98 Å². The van der Waals surface area contributed by atoms with Crippen LogP contribution in [0.1, 0.15) is 44.6 Å². The van der Waals surface area contributed by atoms with Gasteiger partial charge in [-0.05, 0) is 26.3 Å². The number of carbonyl (C=O) groups is 2. The third-order valence-electron chi connectivity index (χ3n) is 3.18. The molecule has 0 aliphatic rings. The summed E-state index contributed by atoms with van der Waals surface area (Å²) in [4.78, 5) is 27.3. The predicted molar refractivity (Wildman–Crippen MR) is 76.1 cm³/mol. The number of ether oxygens (including phenoxy) is 1. The second-order valence-corrected chi connectivity index (χ2v) is 4.54. The zero-order chi connectivity index (χ0) is 14.7. The number of aromatic amines is 1. The molecule has 0 unspecified atom stereocenters. The fourth-order valence-electron chi connectivity index (χ4n) is 2.23. The summed E-state index contributed by atoms with van der Waals surface area (Å²) >= 11 is 0. The molecule has 104 valence electrons. The van der Waals surface area contributed by atoms with Crippen LogP contribution in [0.15, 0.2) is 30.3 Å². The van der Waals surface area contributed by atoms with Gasteiger partial charge in [0.25, 0.3) is 0 Å². The molecule has 0 bridgehead atoms. The summed E-state index contributed by atoms with van der Waals surface area (Å²) < 4.78 is 4.98. The van der Waals surface area contributed by atoms with E-state index < -0.39 is 5.97 Å².